The number of carbonyl (C=O) groups excluding carboxylic acids is 3. The fraction of sp³-hybridized carbons (Fsp3) is 0.348. The van der Waals surface area contributed by atoms with Crippen LogP contribution in [-0.4, -0.2) is 53.6 Å². The first-order chi connectivity index (χ1) is 15.0. The lowest BCUT2D eigenvalue weighted by Gasteiger charge is -2.33. The molecular weight excluding hydrogens is 414 g/mol. The summed E-state index contributed by atoms with van der Waals surface area (Å²) in [6.07, 6.45) is 3.56. The number of hydrogen-bond donors (Lipinski definition) is 3. The molecule has 3 rings (SSSR count). The van der Waals surface area contributed by atoms with Crippen molar-refractivity contribution in [3.63, 3.8) is 0 Å². The lowest BCUT2D eigenvalue weighted by atomic mass is 9.88. The van der Waals surface area contributed by atoms with Gasteiger partial charge in [-0.15, -0.1) is 11.8 Å². The van der Waals surface area contributed by atoms with Gasteiger partial charge in [0, 0.05) is 24.5 Å². The highest BCUT2D eigenvalue weighted by Crippen LogP contribution is 2.31. The first kappa shape index (κ1) is 23.0. The van der Waals surface area contributed by atoms with E-state index in [1.807, 2.05) is 24.5 Å². The van der Waals surface area contributed by atoms with E-state index in [2.05, 4.69) is 17.4 Å². The monoisotopic (exact) mass is 441 g/mol. The molecule has 0 aromatic heterocycles. The molecule has 0 atom stereocenters. The molecule has 7 nitrogen and oxygen atoms in total. The Balaban J connectivity index is 1.74. The van der Waals surface area contributed by atoms with Gasteiger partial charge in [0.1, 0.15) is 6.61 Å². The maximum atomic E-state index is 13.2. The number of nitrogens with one attached hydrogen (secondary N) is 1. The van der Waals surface area contributed by atoms with Gasteiger partial charge in [0.15, 0.2) is 0 Å². The lowest BCUT2D eigenvalue weighted by Crippen LogP contribution is -2.38. The molecule has 2 aromatic rings. The Morgan fingerprint density at radius 2 is 1.90 bits per heavy atom. The van der Waals surface area contributed by atoms with Gasteiger partial charge in [-0.25, -0.2) is 0 Å². The fourth-order valence-corrected chi connectivity index (χ4v) is 4.20. The average molecular weight is 442 g/mol. The summed E-state index contributed by atoms with van der Waals surface area (Å²) in [5, 5.41) is 11.4. The van der Waals surface area contributed by atoms with Crippen molar-refractivity contribution in [2.75, 3.05) is 31.3 Å². The lowest BCUT2D eigenvalue weighted by molar-refractivity contribution is -0.136. The number of Topliss-reactive ketones (excluding diaryl/α,β-unsaturated/α-hetero) is 1. The van der Waals surface area contributed by atoms with Crippen LogP contribution >= 0.6 is 11.8 Å². The van der Waals surface area contributed by atoms with Crippen molar-refractivity contribution in [2.45, 2.75) is 30.2 Å². The molecule has 0 radical (unpaired) electrons. The van der Waals surface area contributed by atoms with E-state index in [1.165, 1.54) is 17.3 Å². The van der Waals surface area contributed by atoms with Crippen molar-refractivity contribution < 1.29 is 19.5 Å². The largest absolute Gasteiger partial charge is 0.388 e. The van der Waals surface area contributed by atoms with Crippen LogP contribution < -0.4 is 11.1 Å². The van der Waals surface area contributed by atoms with E-state index in [9.17, 15) is 14.4 Å². The minimum absolute atomic E-state index is 0.187. The van der Waals surface area contributed by atoms with Gasteiger partial charge in [-0.1, -0.05) is 24.3 Å². The second-order valence-corrected chi connectivity index (χ2v) is 8.34. The van der Waals surface area contributed by atoms with E-state index in [-0.39, 0.29) is 11.6 Å². The quantitative estimate of drug-likeness (QED) is 0.449. The van der Waals surface area contributed by atoms with Gasteiger partial charge in [-0.2, -0.15) is 0 Å². The number of thioether (sulfide) groups is 1. The van der Waals surface area contributed by atoms with Crippen LogP contribution in [-0.2, 0) is 16.1 Å². The maximum absolute atomic E-state index is 13.2. The zero-order chi connectivity index (χ0) is 22.4. The number of nitrogens with two attached hydrogens (primary N) is 1. The second-order valence-electron chi connectivity index (χ2n) is 7.46. The normalized spacial score (nSPS) is 14.4. The number of hydrogen-bond acceptors (Lipinski definition) is 6. The second kappa shape index (κ2) is 10.6. The molecule has 8 heteroatoms. The van der Waals surface area contributed by atoms with Crippen LogP contribution in [0.15, 0.2) is 47.4 Å². The number of benzene rings is 2. The van der Waals surface area contributed by atoms with Gasteiger partial charge in [-0.3, -0.25) is 14.4 Å². The molecule has 0 bridgehead atoms. The number of carbonyl (C=O) groups is 3. The van der Waals surface area contributed by atoms with Gasteiger partial charge in [0.2, 0.25) is 5.78 Å². The standard InChI is InChI=1S/C23H27N3O4S/c1-31-18-5-6-19(20(12-18)25-22(29)21(28)14-27)23(30)26-9-7-16(8-10-26)17-4-2-3-15(11-17)13-24/h2-6,11-12,16,27H,7-10,13-14,24H2,1H3,(H,25,29). The molecule has 1 heterocycles. The van der Waals surface area contributed by atoms with E-state index in [0.29, 0.717) is 31.1 Å². The molecule has 1 saturated heterocycles. The number of aliphatic hydroxyl groups is 1. The topological polar surface area (TPSA) is 113 Å². The van der Waals surface area contributed by atoms with Crippen molar-refractivity contribution in [2.24, 2.45) is 5.73 Å². The van der Waals surface area contributed by atoms with E-state index >= 15 is 0 Å². The molecule has 2 amide bonds. The maximum Gasteiger partial charge on any atom is 0.294 e. The zero-order valence-electron chi connectivity index (χ0n) is 17.5. The van der Waals surface area contributed by atoms with Crippen LogP contribution in [0, 0.1) is 0 Å². The summed E-state index contributed by atoms with van der Waals surface area (Å²) in [7, 11) is 0. The number of likely N-dealkylation sites (tertiary alicyclic amines) is 1. The number of rotatable bonds is 7. The number of anilines is 1. The molecule has 0 aliphatic carbocycles. The number of nitrogens with zero attached hydrogens (tertiary/aromatic N) is 1. The van der Waals surface area contributed by atoms with Gasteiger partial charge >= 0.3 is 0 Å². The molecule has 0 saturated carbocycles. The predicted octanol–water partition coefficient (Wildman–Crippen LogP) is 2.39. The molecule has 1 aliphatic rings. The summed E-state index contributed by atoms with van der Waals surface area (Å²) < 4.78 is 0. The molecule has 4 N–H and O–H groups in total. The van der Waals surface area contributed by atoms with Crippen molar-refractivity contribution in [3.05, 3.63) is 59.2 Å². The molecule has 1 aliphatic heterocycles. The molecule has 0 unspecified atom stereocenters. The zero-order valence-corrected chi connectivity index (χ0v) is 18.3. The summed E-state index contributed by atoms with van der Waals surface area (Å²) in [6.45, 7) is 0.827. The van der Waals surface area contributed by atoms with E-state index < -0.39 is 18.3 Å². The minimum atomic E-state index is -0.950. The van der Waals surface area contributed by atoms with Crippen LogP contribution in [0.2, 0.25) is 0 Å². The molecule has 2 aromatic carbocycles. The van der Waals surface area contributed by atoms with Crippen LogP contribution in [0.25, 0.3) is 0 Å². The van der Waals surface area contributed by atoms with Crippen molar-refractivity contribution in [3.8, 4) is 0 Å². The van der Waals surface area contributed by atoms with Gasteiger partial charge in [0.05, 0.1) is 11.3 Å². The number of aliphatic hydroxyl groups excluding tert-OH is 1. The summed E-state index contributed by atoms with van der Waals surface area (Å²) in [5.41, 5.74) is 8.71. The SMILES string of the molecule is CSc1ccc(C(=O)N2CCC(c3cccc(CN)c3)CC2)c(NC(=O)C(=O)CO)c1. The highest BCUT2D eigenvalue weighted by Gasteiger charge is 2.27. The Morgan fingerprint density at radius 3 is 2.55 bits per heavy atom. The molecule has 1 fully saturated rings. The minimum Gasteiger partial charge on any atom is -0.388 e. The third kappa shape index (κ3) is 5.52. The molecule has 0 spiro atoms. The van der Waals surface area contributed by atoms with Gasteiger partial charge in [0.25, 0.3) is 11.8 Å². The highest BCUT2D eigenvalue weighted by atomic mass is 32.2. The van der Waals surface area contributed by atoms with Gasteiger partial charge < -0.3 is 21.1 Å². The van der Waals surface area contributed by atoms with Crippen LogP contribution in [0.3, 0.4) is 0 Å². The van der Waals surface area contributed by atoms with Crippen LogP contribution in [0.4, 0.5) is 5.69 Å². The first-order valence-corrected chi connectivity index (χ1v) is 11.4. The highest BCUT2D eigenvalue weighted by molar-refractivity contribution is 7.98. The summed E-state index contributed by atoms with van der Waals surface area (Å²) >= 11 is 1.46. The summed E-state index contributed by atoms with van der Waals surface area (Å²) in [6, 6.07) is 13.4. The van der Waals surface area contributed by atoms with Crippen LogP contribution in [0.5, 0.6) is 0 Å². The van der Waals surface area contributed by atoms with Crippen LogP contribution in [0.1, 0.15) is 40.2 Å². The van der Waals surface area contributed by atoms with Gasteiger partial charge in [-0.05, 0) is 54.3 Å². The number of amides is 2. The smallest absolute Gasteiger partial charge is 0.294 e. The third-order valence-electron chi connectivity index (χ3n) is 5.54. The Morgan fingerprint density at radius 1 is 1.16 bits per heavy atom. The van der Waals surface area contributed by atoms with E-state index in [0.717, 1.165) is 23.3 Å². The predicted molar refractivity (Wildman–Crippen MR) is 121 cm³/mol. The van der Waals surface area contributed by atoms with Crippen molar-refractivity contribution in [1.29, 1.82) is 0 Å². The number of piperidine rings is 1. The third-order valence-corrected chi connectivity index (χ3v) is 6.27. The van der Waals surface area contributed by atoms with Crippen molar-refractivity contribution in [1.82, 2.24) is 4.90 Å². The Bertz CT molecular complexity index is 971. The average Bonchev–Trinajstić information content (AvgIpc) is 2.83. The van der Waals surface area contributed by atoms with E-state index in [4.69, 9.17) is 10.8 Å². The summed E-state index contributed by atoms with van der Waals surface area (Å²) in [5.74, 6) is -1.70. The van der Waals surface area contributed by atoms with E-state index in [1.54, 1.807) is 17.0 Å². The Hall–Kier alpha value is -2.68. The molecular formula is C23H27N3O4S. The summed E-state index contributed by atoms with van der Waals surface area (Å²) in [4.78, 5) is 39.3. The fourth-order valence-electron chi connectivity index (χ4n) is 3.76. The molecule has 31 heavy (non-hydrogen) atoms. The number of ketones is 1. The Kier molecular flexibility index (Phi) is 7.84. The molecule has 164 valence electrons. The first-order valence-electron chi connectivity index (χ1n) is 10.2. The Labute approximate surface area is 186 Å². The van der Waals surface area contributed by atoms with Crippen molar-refractivity contribution >= 4 is 35.0 Å².